The smallest absolute Gasteiger partial charge is 0.0552 e. The number of rotatable bonds is 0. The van der Waals surface area contributed by atoms with Crippen LogP contribution in [0.1, 0.15) is 33.1 Å². The molecule has 0 aliphatic heterocycles. The van der Waals surface area contributed by atoms with E-state index in [-0.39, 0.29) is 6.10 Å². The molecule has 0 amide bonds. The van der Waals surface area contributed by atoms with E-state index in [0.29, 0.717) is 11.8 Å². The maximum Gasteiger partial charge on any atom is 0.0552 e. The SMILES string of the molecule is CC(C)=C1C2CC(O)CC1C1C=CC2C1. The van der Waals surface area contributed by atoms with Gasteiger partial charge in [0, 0.05) is 0 Å². The van der Waals surface area contributed by atoms with Crippen LogP contribution in [-0.2, 0) is 0 Å². The minimum Gasteiger partial charge on any atom is -0.393 e. The highest BCUT2D eigenvalue weighted by Crippen LogP contribution is 2.54. The van der Waals surface area contributed by atoms with E-state index in [1.54, 1.807) is 5.57 Å². The van der Waals surface area contributed by atoms with Gasteiger partial charge in [0.1, 0.15) is 0 Å². The van der Waals surface area contributed by atoms with Crippen LogP contribution in [0.15, 0.2) is 23.3 Å². The van der Waals surface area contributed by atoms with Crippen molar-refractivity contribution in [3.05, 3.63) is 23.3 Å². The highest BCUT2D eigenvalue weighted by molar-refractivity contribution is 5.30. The molecule has 0 saturated heterocycles. The van der Waals surface area contributed by atoms with E-state index in [4.69, 9.17) is 0 Å². The highest BCUT2D eigenvalue weighted by Gasteiger charge is 2.46. The molecular weight excluding hydrogens is 184 g/mol. The van der Waals surface area contributed by atoms with Gasteiger partial charge >= 0.3 is 0 Å². The van der Waals surface area contributed by atoms with Crippen molar-refractivity contribution in [1.82, 2.24) is 0 Å². The molecule has 0 radical (unpaired) electrons. The Hall–Kier alpha value is -0.560. The Bertz CT molecular complexity index is 311. The first-order chi connectivity index (χ1) is 7.16. The summed E-state index contributed by atoms with van der Waals surface area (Å²) in [5.41, 5.74) is 3.20. The van der Waals surface area contributed by atoms with Crippen LogP contribution in [0.3, 0.4) is 0 Å². The lowest BCUT2D eigenvalue weighted by atomic mass is 9.60. The van der Waals surface area contributed by atoms with Crippen LogP contribution in [-0.4, -0.2) is 11.2 Å². The van der Waals surface area contributed by atoms with Gasteiger partial charge in [-0.05, 0) is 56.8 Å². The third kappa shape index (κ3) is 1.32. The summed E-state index contributed by atoms with van der Waals surface area (Å²) in [5, 5.41) is 9.93. The Morgan fingerprint density at radius 3 is 2.07 bits per heavy atom. The fourth-order valence-electron chi connectivity index (χ4n) is 4.12. The Morgan fingerprint density at radius 2 is 1.60 bits per heavy atom. The Kier molecular flexibility index (Phi) is 2.07. The predicted molar refractivity (Wildman–Crippen MR) is 61.3 cm³/mol. The molecule has 0 aromatic carbocycles. The van der Waals surface area contributed by atoms with Crippen LogP contribution in [0.2, 0.25) is 0 Å². The number of allylic oxidation sites excluding steroid dienone is 4. The Balaban J connectivity index is 2.05. The van der Waals surface area contributed by atoms with Gasteiger partial charge in [0.05, 0.1) is 6.10 Å². The second kappa shape index (κ2) is 3.21. The van der Waals surface area contributed by atoms with Gasteiger partial charge in [-0.25, -0.2) is 0 Å². The fraction of sp³-hybridized carbons (Fsp3) is 0.714. The van der Waals surface area contributed by atoms with Gasteiger partial charge in [-0.2, -0.15) is 0 Å². The average molecular weight is 204 g/mol. The lowest BCUT2D eigenvalue weighted by Gasteiger charge is -2.45. The van der Waals surface area contributed by atoms with E-state index < -0.39 is 0 Å². The molecule has 0 heterocycles. The van der Waals surface area contributed by atoms with Crippen LogP contribution in [0, 0.1) is 23.7 Å². The van der Waals surface area contributed by atoms with Crippen molar-refractivity contribution in [2.45, 2.75) is 39.2 Å². The third-order valence-corrected chi connectivity index (χ3v) is 4.61. The zero-order valence-corrected chi connectivity index (χ0v) is 9.61. The molecule has 3 aliphatic carbocycles. The van der Waals surface area contributed by atoms with E-state index in [1.807, 2.05) is 0 Å². The van der Waals surface area contributed by atoms with E-state index in [2.05, 4.69) is 26.0 Å². The summed E-state index contributed by atoms with van der Waals surface area (Å²) in [7, 11) is 0. The monoisotopic (exact) mass is 204 g/mol. The van der Waals surface area contributed by atoms with E-state index in [0.717, 1.165) is 24.7 Å². The molecule has 0 aromatic rings. The zero-order chi connectivity index (χ0) is 10.6. The summed E-state index contributed by atoms with van der Waals surface area (Å²) in [4.78, 5) is 0. The highest BCUT2D eigenvalue weighted by atomic mass is 16.3. The quantitative estimate of drug-likeness (QED) is 0.601. The number of aliphatic hydroxyl groups is 1. The predicted octanol–water partition coefficient (Wildman–Crippen LogP) is 2.92. The first-order valence-electron chi connectivity index (χ1n) is 6.20. The van der Waals surface area contributed by atoms with Crippen molar-refractivity contribution < 1.29 is 5.11 Å². The minimum atomic E-state index is -0.0479. The molecule has 2 fully saturated rings. The maximum atomic E-state index is 9.93. The van der Waals surface area contributed by atoms with E-state index in [1.165, 1.54) is 12.0 Å². The van der Waals surface area contributed by atoms with Gasteiger partial charge in [0.2, 0.25) is 0 Å². The second-order valence-electron chi connectivity index (χ2n) is 5.74. The number of hydrogen-bond donors (Lipinski definition) is 1. The Labute approximate surface area is 91.9 Å². The summed E-state index contributed by atoms with van der Waals surface area (Å²) >= 11 is 0. The van der Waals surface area contributed by atoms with Gasteiger partial charge in [-0.1, -0.05) is 23.3 Å². The van der Waals surface area contributed by atoms with Crippen molar-refractivity contribution in [3.63, 3.8) is 0 Å². The molecule has 2 saturated carbocycles. The van der Waals surface area contributed by atoms with E-state index >= 15 is 0 Å². The largest absolute Gasteiger partial charge is 0.393 e. The molecule has 0 spiro atoms. The van der Waals surface area contributed by atoms with Crippen LogP contribution < -0.4 is 0 Å². The number of hydrogen-bond acceptors (Lipinski definition) is 1. The molecular formula is C14H20O. The summed E-state index contributed by atoms with van der Waals surface area (Å²) in [6.07, 6.45) is 8.12. The van der Waals surface area contributed by atoms with Crippen LogP contribution in [0.4, 0.5) is 0 Å². The zero-order valence-electron chi connectivity index (χ0n) is 9.61. The summed E-state index contributed by atoms with van der Waals surface area (Å²) in [6.45, 7) is 4.50. The van der Waals surface area contributed by atoms with Gasteiger partial charge in [0.15, 0.2) is 0 Å². The molecule has 0 aromatic heterocycles. The minimum absolute atomic E-state index is 0.0479. The normalized spacial score (nSPS) is 47.1. The maximum absolute atomic E-state index is 9.93. The van der Waals surface area contributed by atoms with Crippen molar-refractivity contribution in [2.24, 2.45) is 23.7 Å². The first-order valence-corrected chi connectivity index (χ1v) is 6.20. The van der Waals surface area contributed by atoms with Crippen molar-refractivity contribution >= 4 is 0 Å². The molecule has 15 heavy (non-hydrogen) atoms. The first kappa shape index (κ1) is 9.65. The van der Waals surface area contributed by atoms with Gasteiger partial charge < -0.3 is 5.11 Å². The van der Waals surface area contributed by atoms with Gasteiger partial charge in [0.25, 0.3) is 0 Å². The average Bonchev–Trinajstić information content (AvgIpc) is 2.60. The molecule has 1 N–H and O–H groups in total. The topological polar surface area (TPSA) is 20.2 Å². The standard InChI is InChI=1S/C14H20O/c1-8(2)14-12-6-11(15)7-13(14)10-4-3-9(12)5-10/h3-4,9-13,15H,5-7H2,1-2H3. The summed E-state index contributed by atoms with van der Waals surface area (Å²) in [5.74, 6) is 2.76. The molecule has 1 nitrogen and oxygen atoms in total. The molecule has 4 atom stereocenters. The lowest BCUT2D eigenvalue weighted by Crippen LogP contribution is -2.39. The molecule has 4 unspecified atom stereocenters. The lowest BCUT2D eigenvalue weighted by molar-refractivity contribution is 0.0567. The van der Waals surface area contributed by atoms with Crippen LogP contribution in [0.5, 0.6) is 0 Å². The van der Waals surface area contributed by atoms with Gasteiger partial charge in [-0.15, -0.1) is 0 Å². The van der Waals surface area contributed by atoms with Crippen LogP contribution >= 0.6 is 0 Å². The van der Waals surface area contributed by atoms with Crippen molar-refractivity contribution in [2.75, 3.05) is 0 Å². The van der Waals surface area contributed by atoms with Crippen molar-refractivity contribution in [1.29, 1.82) is 0 Å². The van der Waals surface area contributed by atoms with Crippen molar-refractivity contribution in [3.8, 4) is 0 Å². The molecule has 82 valence electrons. The molecule has 1 heteroatoms. The molecule has 4 bridgehead atoms. The van der Waals surface area contributed by atoms with E-state index in [9.17, 15) is 5.11 Å². The summed E-state index contributed by atoms with van der Waals surface area (Å²) < 4.78 is 0. The van der Waals surface area contributed by atoms with Gasteiger partial charge in [-0.3, -0.25) is 0 Å². The number of fused-ring (bicyclic) bond motifs is 6. The second-order valence-corrected chi connectivity index (χ2v) is 5.74. The number of aliphatic hydroxyl groups excluding tert-OH is 1. The summed E-state index contributed by atoms with van der Waals surface area (Å²) in [6, 6.07) is 0. The third-order valence-electron chi connectivity index (χ3n) is 4.61. The fourth-order valence-corrected chi connectivity index (χ4v) is 4.12. The Morgan fingerprint density at radius 1 is 1.07 bits per heavy atom. The molecule has 3 rings (SSSR count). The molecule has 3 aliphatic rings. The van der Waals surface area contributed by atoms with Crippen LogP contribution in [0.25, 0.3) is 0 Å².